The molecule has 1 aliphatic rings. The number of ether oxygens (including phenoxy) is 1. The summed E-state index contributed by atoms with van der Waals surface area (Å²) >= 11 is 5.82. The van der Waals surface area contributed by atoms with Gasteiger partial charge in [-0.15, -0.1) is 6.58 Å². The van der Waals surface area contributed by atoms with Crippen LogP contribution >= 0.6 is 11.6 Å². The zero-order chi connectivity index (χ0) is 17.7. The number of rotatable bonds is 5. The molecule has 1 saturated heterocycles. The highest BCUT2D eigenvalue weighted by Crippen LogP contribution is 2.42. The molecule has 0 unspecified atom stereocenters. The molecule has 2 atom stereocenters. The van der Waals surface area contributed by atoms with E-state index >= 15 is 4.39 Å². The Morgan fingerprint density at radius 3 is 3.08 bits per heavy atom. The topological polar surface area (TPSA) is 42.4 Å². The lowest BCUT2D eigenvalue weighted by atomic mass is 9.79. The number of alkyl halides is 1. The molecule has 2 rings (SSSR count). The summed E-state index contributed by atoms with van der Waals surface area (Å²) in [4.78, 5) is 17.0. The summed E-state index contributed by atoms with van der Waals surface area (Å²) in [6.07, 6.45) is 3.85. The number of hydrogen-bond donors (Lipinski definition) is 0. The lowest BCUT2D eigenvalue weighted by molar-refractivity contribution is -0.00322. The Kier molecular flexibility index (Phi) is 6.15. The second-order valence-electron chi connectivity index (χ2n) is 6.00. The highest BCUT2D eigenvalue weighted by atomic mass is 35.5. The largest absolute Gasteiger partial charge is 0.449 e. The zero-order valence-corrected chi connectivity index (χ0v) is 14.4. The molecule has 1 aromatic rings. The first-order chi connectivity index (χ1) is 11.4. The van der Waals surface area contributed by atoms with Gasteiger partial charge in [0, 0.05) is 37.2 Å². The van der Waals surface area contributed by atoms with Gasteiger partial charge in [-0.05, 0) is 18.9 Å². The van der Waals surface area contributed by atoms with Crippen LogP contribution in [0.5, 0.6) is 0 Å². The summed E-state index contributed by atoms with van der Waals surface area (Å²) in [5.41, 5.74) is -2.07. The number of likely N-dealkylation sites (tertiary alicyclic amines) is 1. The van der Waals surface area contributed by atoms with Crippen molar-refractivity contribution in [1.29, 1.82) is 0 Å². The molecule has 4 nitrogen and oxygen atoms in total. The van der Waals surface area contributed by atoms with Crippen LogP contribution in [0.25, 0.3) is 0 Å². The van der Waals surface area contributed by atoms with E-state index in [-0.39, 0.29) is 30.1 Å². The number of unbranched alkanes of at least 4 members (excludes halogenated alkanes) is 1. The van der Waals surface area contributed by atoms with Crippen molar-refractivity contribution < 1.29 is 18.3 Å². The summed E-state index contributed by atoms with van der Waals surface area (Å²) < 4.78 is 34.5. The van der Waals surface area contributed by atoms with E-state index < -0.39 is 23.6 Å². The first-order valence-electron chi connectivity index (χ1n) is 7.91. The van der Waals surface area contributed by atoms with Crippen LogP contribution < -0.4 is 0 Å². The number of piperidine rings is 1. The van der Waals surface area contributed by atoms with Crippen LogP contribution in [0, 0.1) is 11.9 Å². The molecule has 0 aromatic carbocycles. The Bertz CT molecular complexity index is 614. The summed E-state index contributed by atoms with van der Waals surface area (Å²) in [6, 6.07) is 1.27. The Morgan fingerprint density at radius 1 is 1.67 bits per heavy atom. The van der Waals surface area contributed by atoms with Crippen LogP contribution in [0.3, 0.4) is 0 Å². The molecule has 0 N–H and O–H groups in total. The minimum atomic E-state index is -1.92. The lowest BCUT2D eigenvalue weighted by Crippen LogP contribution is -2.49. The number of amides is 1. The maximum Gasteiger partial charge on any atom is 0.409 e. The Labute approximate surface area is 145 Å². The monoisotopic (exact) mass is 358 g/mol. The van der Waals surface area contributed by atoms with Gasteiger partial charge < -0.3 is 9.64 Å². The lowest BCUT2D eigenvalue weighted by Gasteiger charge is -2.41. The standard InChI is InChI=1S/C17H21ClF2N2O2/c1-3-4-5-8-24-16(23)22-7-6-17(20,12(2)11-22)14-9-13(18)10-21-15(14)19/h3,9-10,12H,1,4-8,11H2,2H3/t12-,17+/m0/s1. The van der Waals surface area contributed by atoms with Crippen LogP contribution in [0.2, 0.25) is 5.02 Å². The van der Waals surface area contributed by atoms with Gasteiger partial charge in [-0.1, -0.05) is 24.6 Å². The average molecular weight is 359 g/mol. The third kappa shape index (κ3) is 4.04. The van der Waals surface area contributed by atoms with Crippen LogP contribution in [0.15, 0.2) is 24.9 Å². The third-order valence-electron chi connectivity index (χ3n) is 4.31. The van der Waals surface area contributed by atoms with Gasteiger partial charge in [0.15, 0.2) is 0 Å². The average Bonchev–Trinajstić information content (AvgIpc) is 2.56. The van der Waals surface area contributed by atoms with E-state index in [1.54, 1.807) is 13.0 Å². The van der Waals surface area contributed by atoms with Crippen molar-refractivity contribution in [2.24, 2.45) is 5.92 Å². The maximum atomic E-state index is 15.4. The van der Waals surface area contributed by atoms with Crippen molar-refractivity contribution in [1.82, 2.24) is 9.88 Å². The molecule has 0 aliphatic carbocycles. The first-order valence-corrected chi connectivity index (χ1v) is 8.29. The van der Waals surface area contributed by atoms with E-state index in [2.05, 4.69) is 11.6 Å². The van der Waals surface area contributed by atoms with Gasteiger partial charge in [-0.25, -0.2) is 14.2 Å². The molecule has 2 heterocycles. The zero-order valence-electron chi connectivity index (χ0n) is 13.6. The third-order valence-corrected chi connectivity index (χ3v) is 4.52. The summed E-state index contributed by atoms with van der Waals surface area (Å²) in [5, 5.41) is 0.180. The van der Waals surface area contributed by atoms with Gasteiger partial charge in [0.05, 0.1) is 11.6 Å². The fraction of sp³-hybridized carbons (Fsp3) is 0.529. The number of nitrogens with zero attached hydrogens (tertiary/aromatic N) is 2. The number of allylic oxidation sites excluding steroid dienone is 1. The van der Waals surface area contributed by atoms with Crippen LogP contribution in [-0.2, 0) is 10.4 Å². The van der Waals surface area contributed by atoms with Crippen LogP contribution in [-0.4, -0.2) is 35.7 Å². The van der Waals surface area contributed by atoms with Gasteiger partial charge in [0.1, 0.15) is 5.67 Å². The van der Waals surface area contributed by atoms with Crippen LogP contribution in [0.1, 0.15) is 31.7 Å². The number of carbonyl (C=O) groups excluding carboxylic acids is 1. The van der Waals surface area contributed by atoms with E-state index in [0.717, 1.165) is 12.6 Å². The molecule has 132 valence electrons. The fourth-order valence-electron chi connectivity index (χ4n) is 2.87. The van der Waals surface area contributed by atoms with E-state index in [9.17, 15) is 9.18 Å². The smallest absolute Gasteiger partial charge is 0.409 e. The Balaban J connectivity index is 2.03. The minimum absolute atomic E-state index is 0.0329. The van der Waals surface area contributed by atoms with Crippen molar-refractivity contribution in [3.05, 3.63) is 41.5 Å². The summed E-state index contributed by atoms with van der Waals surface area (Å²) in [5.74, 6) is -1.48. The highest BCUT2D eigenvalue weighted by Gasteiger charge is 2.46. The molecular formula is C17H21ClF2N2O2. The SMILES string of the molecule is C=CCCCOC(=O)N1CC[C@](F)(c2cc(Cl)cnc2F)[C@@H](C)C1. The van der Waals surface area contributed by atoms with Crippen molar-refractivity contribution in [2.75, 3.05) is 19.7 Å². The van der Waals surface area contributed by atoms with Crippen molar-refractivity contribution in [3.63, 3.8) is 0 Å². The Morgan fingerprint density at radius 2 is 2.42 bits per heavy atom. The van der Waals surface area contributed by atoms with E-state index in [0.29, 0.717) is 13.0 Å². The predicted molar refractivity (Wildman–Crippen MR) is 88.1 cm³/mol. The van der Waals surface area contributed by atoms with Gasteiger partial charge >= 0.3 is 6.09 Å². The van der Waals surface area contributed by atoms with E-state index in [1.165, 1.54) is 11.0 Å². The molecule has 0 saturated carbocycles. The Hall–Kier alpha value is -1.69. The number of carbonyl (C=O) groups is 1. The molecule has 1 aliphatic heterocycles. The molecule has 1 amide bonds. The van der Waals surface area contributed by atoms with Crippen molar-refractivity contribution in [2.45, 2.75) is 31.9 Å². The first kappa shape index (κ1) is 18.6. The van der Waals surface area contributed by atoms with Crippen LogP contribution in [0.4, 0.5) is 13.6 Å². The van der Waals surface area contributed by atoms with E-state index in [4.69, 9.17) is 16.3 Å². The molecule has 24 heavy (non-hydrogen) atoms. The van der Waals surface area contributed by atoms with Gasteiger partial charge in [-0.2, -0.15) is 4.39 Å². The predicted octanol–water partition coefficient (Wildman–Crippen LogP) is 4.48. The maximum absolute atomic E-state index is 15.4. The van der Waals surface area contributed by atoms with Gasteiger partial charge in [0.2, 0.25) is 5.95 Å². The molecule has 0 bridgehead atoms. The van der Waals surface area contributed by atoms with Gasteiger partial charge in [-0.3, -0.25) is 0 Å². The summed E-state index contributed by atoms with van der Waals surface area (Å²) in [6.45, 7) is 5.82. The fourth-order valence-corrected chi connectivity index (χ4v) is 3.03. The second-order valence-corrected chi connectivity index (χ2v) is 6.43. The molecule has 1 fully saturated rings. The minimum Gasteiger partial charge on any atom is -0.449 e. The number of pyridine rings is 1. The van der Waals surface area contributed by atoms with Crippen molar-refractivity contribution in [3.8, 4) is 0 Å². The molecule has 1 aromatic heterocycles. The molecular weight excluding hydrogens is 338 g/mol. The van der Waals surface area contributed by atoms with Gasteiger partial charge in [0.25, 0.3) is 0 Å². The van der Waals surface area contributed by atoms with E-state index in [1.807, 2.05) is 0 Å². The molecule has 7 heteroatoms. The summed E-state index contributed by atoms with van der Waals surface area (Å²) in [7, 11) is 0. The molecule has 0 spiro atoms. The van der Waals surface area contributed by atoms with Crippen molar-refractivity contribution >= 4 is 17.7 Å². The second kappa shape index (κ2) is 7.92. The number of halogens is 3. The quantitative estimate of drug-likeness (QED) is 0.442. The molecule has 0 radical (unpaired) electrons. The number of hydrogen-bond acceptors (Lipinski definition) is 3. The normalized spacial score (nSPS) is 23.8. The number of aromatic nitrogens is 1. The highest BCUT2D eigenvalue weighted by molar-refractivity contribution is 6.30.